The Labute approximate surface area is 473 Å². The molecule has 5 heteroatoms. The van der Waals surface area contributed by atoms with E-state index in [1.807, 2.05) is 0 Å². The van der Waals surface area contributed by atoms with Gasteiger partial charge in [-0.2, -0.15) is 0 Å². The molecular weight excluding hydrogens is 933 g/mol. The van der Waals surface area contributed by atoms with Gasteiger partial charge in [0, 0.05) is 0 Å². The highest BCUT2D eigenvalue weighted by atomic mass is 28.4. The van der Waals surface area contributed by atoms with Gasteiger partial charge in [0.1, 0.15) is 0 Å². The zero-order chi connectivity index (χ0) is 54.6. The van der Waals surface area contributed by atoms with Gasteiger partial charge in [-0.1, -0.05) is 351 Å². The molecule has 0 saturated heterocycles. The Kier molecular flexibility index (Phi) is 51.2. The molecule has 0 N–H and O–H groups in total. The van der Waals surface area contributed by atoms with E-state index in [-0.39, 0.29) is 0 Å². The zero-order valence-electron chi connectivity index (χ0n) is 52.8. The summed E-state index contributed by atoms with van der Waals surface area (Å²) in [4.78, 5) is 0. The summed E-state index contributed by atoms with van der Waals surface area (Å²) in [6, 6.07) is 4.49. The molecule has 1 aromatic carbocycles. The van der Waals surface area contributed by atoms with Crippen LogP contribution in [0.4, 0.5) is 0 Å². The SMILES string of the molecule is CCCCCCCCCCCCCCCCCCOc1cc(CO[Si](C(C)C)(C(C)C)C(C)C)cc(OCCCCCCCCCCCCCCCCCC)c1OCCCCCCCCCCCCCCCCCC. The van der Waals surface area contributed by atoms with Crippen molar-refractivity contribution < 1.29 is 18.6 Å². The minimum Gasteiger partial charge on any atom is -0.490 e. The lowest BCUT2D eigenvalue weighted by Gasteiger charge is -2.42. The highest BCUT2D eigenvalue weighted by Crippen LogP contribution is 2.44. The van der Waals surface area contributed by atoms with Gasteiger partial charge in [-0.05, 0) is 53.6 Å². The van der Waals surface area contributed by atoms with Crippen molar-refractivity contribution in [2.75, 3.05) is 19.8 Å². The quantitative estimate of drug-likeness (QED) is 0.0481. The standard InChI is InChI=1S/C70H136O4Si/c1-10-13-16-19-22-25-28-31-34-37-40-43-46-49-52-55-58-71-68-61-67(63-74-75(64(4)5,65(6)7)66(8)9)62-69(72-59-56-53-50-47-44-41-38-35-32-29-26-23-20-17-14-11-2)70(68)73-60-57-54-51-48-45-42-39-36-33-30-27-24-21-18-15-12-3/h61-62,64-66H,10-60,63H2,1-9H3. The van der Waals surface area contributed by atoms with Crippen LogP contribution in [0.3, 0.4) is 0 Å². The van der Waals surface area contributed by atoms with E-state index in [1.54, 1.807) is 0 Å². The summed E-state index contributed by atoms with van der Waals surface area (Å²) >= 11 is 0. The topological polar surface area (TPSA) is 36.9 Å². The maximum atomic E-state index is 7.21. The molecule has 0 aromatic heterocycles. The number of hydrogen-bond donors (Lipinski definition) is 0. The van der Waals surface area contributed by atoms with Crippen molar-refractivity contribution in [2.24, 2.45) is 0 Å². The van der Waals surface area contributed by atoms with E-state index in [1.165, 1.54) is 289 Å². The molecule has 0 aliphatic heterocycles. The number of hydrogen-bond acceptors (Lipinski definition) is 4. The molecule has 0 heterocycles. The lowest BCUT2D eigenvalue weighted by Crippen LogP contribution is -2.47. The molecule has 0 unspecified atom stereocenters. The smallest absolute Gasteiger partial charge is 0.203 e. The first kappa shape index (κ1) is 71.8. The van der Waals surface area contributed by atoms with Crippen molar-refractivity contribution in [2.45, 2.75) is 394 Å². The van der Waals surface area contributed by atoms with Crippen LogP contribution in [0, 0.1) is 0 Å². The first-order valence-corrected chi connectivity index (χ1v) is 36.6. The Balaban J connectivity index is 2.84. The van der Waals surface area contributed by atoms with E-state index in [0.717, 1.165) is 55.3 Å². The zero-order valence-corrected chi connectivity index (χ0v) is 53.8. The largest absolute Gasteiger partial charge is 0.490 e. The minimum absolute atomic E-state index is 0.538. The number of benzene rings is 1. The predicted octanol–water partition coefficient (Wildman–Crippen LogP) is 25.3. The molecule has 0 bridgehead atoms. The molecule has 0 spiro atoms. The Bertz CT molecular complexity index is 1230. The van der Waals surface area contributed by atoms with Crippen molar-refractivity contribution >= 4 is 8.32 Å². The average molecular weight is 1070 g/mol. The van der Waals surface area contributed by atoms with Crippen LogP contribution in [-0.2, 0) is 11.0 Å². The molecular formula is C70H136O4Si. The second-order valence-corrected chi connectivity index (χ2v) is 30.4. The molecule has 0 radical (unpaired) electrons. The molecule has 0 atom stereocenters. The molecule has 0 aliphatic rings. The normalized spacial score (nSPS) is 12.1. The Hall–Kier alpha value is -1.20. The second-order valence-electron chi connectivity index (χ2n) is 25.0. The Morgan fingerprint density at radius 2 is 0.480 bits per heavy atom. The van der Waals surface area contributed by atoms with Crippen LogP contribution < -0.4 is 14.2 Å². The van der Waals surface area contributed by atoms with E-state index in [0.29, 0.717) is 29.8 Å². The van der Waals surface area contributed by atoms with Crippen molar-refractivity contribution in [3.63, 3.8) is 0 Å². The maximum absolute atomic E-state index is 7.21. The molecule has 444 valence electrons. The van der Waals surface area contributed by atoms with Crippen LogP contribution in [-0.4, -0.2) is 28.1 Å². The second kappa shape index (κ2) is 53.4. The van der Waals surface area contributed by atoms with Crippen LogP contribution in [0.2, 0.25) is 16.6 Å². The third kappa shape index (κ3) is 39.8. The number of unbranched alkanes of at least 4 members (excludes halogenated alkanes) is 45. The van der Waals surface area contributed by atoms with Gasteiger partial charge in [-0.15, -0.1) is 0 Å². The molecule has 1 aromatic rings. The summed E-state index contributed by atoms with van der Waals surface area (Å²) in [6.45, 7) is 24.0. The fourth-order valence-corrected chi connectivity index (χ4v) is 17.7. The van der Waals surface area contributed by atoms with Crippen LogP contribution in [0.25, 0.3) is 0 Å². The first-order valence-electron chi connectivity index (χ1n) is 34.4. The number of rotatable bonds is 60. The van der Waals surface area contributed by atoms with E-state index in [4.69, 9.17) is 18.6 Å². The summed E-state index contributed by atoms with van der Waals surface area (Å²) in [5.41, 5.74) is 2.77. The van der Waals surface area contributed by atoms with E-state index < -0.39 is 8.32 Å². The van der Waals surface area contributed by atoms with Gasteiger partial charge in [0.15, 0.2) is 11.5 Å². The van der Waals surface area contributed by atoms with E-state index in [2.05, 4.69) is 74.4 Å². The average Bonchev–Trinajstić information content (AvgIpc) is 3.39. The lowest BCUT2D eigenvalue weighted by atomic mass is 10.0. The van der Waals surface area contributed by atoms with Gasteiger partial charge in [0.2, 0.25) is 14.1 Å². The van der Waals surface area contributed by atoms with Gasteiger partial charge in [0.25, 0.3) is 0 Å². The summed E-state index contributed by atoms with van der Waals surface area (Å²) in [5, 5.41) is 0. The van der Waals surface area contributed by atoms with Gasteiger partial charge in [-0.25, -0.2) is 0 Å². The molecule has 0 fully saturated rings. The Morgan fingerprint density at radius 1 is 0.280 bits per heavy atom. The third-order valence-electron chi connectivity index (χ3n) is 17.0. The lowest BCUT2D eigenvalue weighted by molar-refractivity contribution is 0.230. The molecule has 4 nitrogen and oxygen atoms in total. The van der Waals surface area contributed by atoms with Gasteiger partial charge in [-0.3, -0.25) is 0 Å². The Morgan fingerprint density at radius 3 is 0.693 bits per heavy atom. The van der Waals surface area contributed by atoms with Crippen LogP contribution in [0.15, 0.2) is 12.1 Å². The van der Waals surface area contributed by atoms with Crippen LogP contribution >= 0.6 is 0 Å². The molecule has 0 saturated carbocycles. The molecule has 1 rings (SSSR count). The van der Waals surface area contributed by atoms with Gasteiger partial charge >= 0.3 is 0 Å². The predicted molar refractivity (Wildman–Crippen MR) is 337 cm³/mol. The molecule has 0 aliphatic carbocycles. The summed E-state index contributed by atoms with van der Waals surface area (Å²) in [6.07, 6.45) is 66.0. The van der Waals surface area contributed by atoms with Crippen molar-refractivity contribution in [3.05, 3.63) is 17.7 Å². The fraction of sp³-hybridized carbons (Fsp3) is 0.914. The highest BCUT2D eigenvalue weighted by Gasteiger charge is 2.45. The van der Waals surface area contributed by atoms with Crippen LogP contribution in [0.5, 0.6) is 17.2 Å². The summed E-state index contributed by atoms with van der Waals surface area (Å²) in [7, 11) is -2.06. The fourth-order valence-electron chi connectivity index (χ4n) is 12.3. The monoisotopic (exact) mass is 1070 g/mol. The minimum atomic E-state index is -2.06. The summed E-state index contributed by atoms with van der Waals surface area (Å²) in [5.74, 6) is 2.55. The third-order valence-corrected chi connectivity index (χ3v) is 23.1. The van der Waals surface area contributed by atoms with E-state index >= 15 is 0 Å². The summed E-state index contributed by atoms with van der Waals surface area (Å²) < 4.78 is 27.6. The van der Waals surface area contributed by atoms with Crippen LogP contribution in [0.1, 0.15) is 376 Å². The van der Waals surface area contributed by atoms with Crippen molar-refractivity contribution in [3.8, 4) is 17.2 Å². The van der Waals surface area contributed by atoms with E-state index in [9.17, 15) is 0 Å². The highest BCUT2D eigenvalue weighted by molar-refractivity contribution is 6.77. The maximum Gasteiger partial charge on any atom is 0.203 e. The number of ether oxygens (including phenoxy) is 3. The van der Waals surface area contributed by atoms with Crippen molar-refractivity contribution in [1.29, 1.82) is 0 Å². The first-order chi connectivity index (χ1) is 36.7. The molecule has 75 heavy (non-hydrogen) atoms. The van der Waals surface area contributed by atoms with Crippen molar-refractivity contribution in [1.82, 2.24) is 0 Å². The molecule has 0 amide bonds. The van der Waals surface area contributed by atoms with Gasteiger partial charge < -0.3 is 18.6 Å². The van der Waals surface area contributed by atoms with Gasteiger partial charge in [0.05, 0.1) is 26.4 Å².